The van der Waals surface area contributed by atoms with E-state index in [0.717, 1.165) is 10.8 Å². The lowest BCUT2D eigenvalue weighted by molar-refractivity contribution is -0.129. The summed E-state index contributed by atoms with van der Waals surface area (Å²) >= 11 is 1.67. The molecule has 0 aliphatic heterocycles. The molecule has 0 spiro atoms. The first-order chi connectivity index (χ1) is 9.67. The molecular formula is C17H22O2S. The molecule has 2 rings (SSSR count). The quantitative estimate of drug-likeness (QED) is 0.348. The summed E-state index contributed by atoms with van der Waals surface area (Å²) in [7, 11) is 0. The van der Waals surface area contributed by atoms with Crippen LogP contribution in [0.4, 0.5) is 0 Å². The number of ether oxygens (including phenoxy) is 1. The molecule has 1 aromatic carbocycles. The third-order valence-electron chi connectivity index (χ3n) is 3.84. The second-order valence-corrected chi connectivity index (χ2v) is 6.36. The van der Waals surface area contributed by atoms with Gasteiger partial charge in [-0.1, -0.05) is 25.8 Å². The Morgan fingerprint density at radius 3 is 2.45 bits per heavy atom. The second kappa shape index (κ2) is 7.53. The molecule has 1 saturated carbocycles. The van der Waals surface area contributed by atoms with Gasteiger partial charge in [-0.15, -0.1) is 11.8 Å². The van der Waals surface area contributed by atoms with Crippen LogP contribution in [-0.4, -0.2) is 12.2 Å². The molecule has 0 heterocycles. The van der Waals surface area contributed by atoms with E-state index in [2.05, 4.69) is 6.92 Å². The van der Waals surface area contributed by atoms with Gasteiger partial charge in [-0.05, 0) is 55.2 Å². The van der Waals surface area contributed by atoms with Gasteiger partial charge >= 0.3 is 5.97 Å². The van der Waals surface area contributed by atoms with Gasteiger partial charge in [0, 0.05) is 11.0 Å². The zero-order valence-electron chi connectivity index (χ0n) is 12.2. The van der Waals surface area contributed by atoms with Crippen molar-refractivity contribution in [3.63, 3.8) is 0 Å². The summed E-state index contributed by atoms with van der Waals surface area (Å²) in [6.45, 7) is 2.30. The molecular weight excluding hydrogens is 268 g/mol. The minimum Gasteiger partial charge on any atom is -0.423 e. The van der Waals surface area contributed by atoms with E-state index in [9.17, 15) is 4.79 Å². The number of thioether (sulfide) groups is 1. The smallest absolute Gasteiger partial charge is 0.335 e. The molecule has 0 saturated heterocycles. The van der Waals surface area contributed by atoms with Crippen LogP contribution in [0.3, 0.4) is 0 Å². The van der Waals surface area contributed by atoms with Crippen LogP contribution in [0, 0.1) is 11.8 Å². The van der Waals surface area contributed by atoms with E-state index in [1.165, 1.54) is 25.7 Å². The summed E-state index contributed by atoms with van der Waals surface area (Å²) in [4.78, 5) is 12.9. The molecule has 1 aromatic rings. The van der Waals surface area contributed by atoms with E-state index in [0.29, 0.717) is 11.7 Å². The largest absolute Gasteiger partial charge is 0.423 e. The average Bonchev–Trinajstić information content (AvgIpc) is 2.47. The van der Waals surface area contributed by atoms with Gasteiger partial charge in [-0.3, -0.25) is 0 Å². The van der Waals surface area contributed by atoms with Crippen LogP contribution in [0.2, 0.25) is 0 Å². The minimum absolute atomic E-state index is 0.277. The van der Waals surface area contributed by atoms with Crippen molar-refractivity contribution in [3.05, 3.63) is 36.4 Å². The molecule has 1 aliphatic carbocycles. The highest BCUT2D eigenvalue weighted by Gasteiger charge is 2.16. The van der Waals surface area contributed by atoms with Crippen molar-refractivity contribution < 1.29 is 9.53 Å². The number of esters is 1. The van der Waals surface area contributed by atoms with Crippen molar-refractivity contribution in [2.45, 2.75) is 37.5 Å². The third-order valence-corrected chi connectivity index (χ3v) is 4.59. The van der Waals surface area contributed by atoms with Crippen LogP contribution >= 0.6 is 11.8 Å². The van der Waals surface area contributed by atoms with Crippen LogP contribution in [0.15, 0.2) is 41.3 Å². The van der Waals surface area contributed by atoms with E-state index in [1.54, 1.807) is 17.8 Å². The molecule has 0 amide bonds. The van der Waals surface area contributed by atoms with Gasteiger partial charge in [0.15, 0.2) is 0 Å². The summed E-state index contributed by atoms with van der Waals surface area (Å²) < 4.78 is 5.29. The first-order valence-electron chi connectivity index (χ1n) is 7.21. The number of carbonyl (C=O) groups is 1. The van der Waals surface area contributed by atoms with Crippen molar-refractivity contribution in [1.82, 2.24) is 0 Å². The van der Waals surface area contributed by atoms with Gasteiger partial charge in [-0.2, -0.15) is 0 Å². The maximum absolute atomic E-state index is 11.8. The fraction of sp³-hybridized carbons (Fsp3) is 0.471. The fourth-order valence-electron chi connectivity index (χ4n) is 2.49. The molecule has 108 valence electrons. The Labute approximate surface area is 125 Å². The second-order valence-electron chi connectivity index (χ2n) is 5.48. The van der Waals surface area contributed by atoms with E-state index >= 15 is 0 Å². The van der Waals surface area contributed by atoms with Gasteiger partial charge < -0.3 is 4.74 Å². The molecule has 3 heteroatoms. The van der Waals surface area contributed by atoms with Gasteiger partial charge in [0.05, 0.1) is 0 Å². The average molecular weight is 290 g/mol. The van der Waals surface area contributed by atoms with Gasteiger partial charge in [0.2, 0.25) is 0 Å². The lowest BCUT2D eigenvalue weighted by Gasteiger charge is -2.23. The summed E-state index contributed by atoms with van der Waals surface area (Å²) in [5.41, 5.74) is 0. The first kappa shape index (κ1) is 15.2. The summed E-state index contributed by atoms with van der Waals surface area (Å²) in [5, 5.41) is 0. The van der Waals surface area contributed by atoms with Crippen LogP contribution in [0.25, 0.3) is 0 Å². The molecule has 2 nitrogen and oxygen atoms in total. The molecule has 0 N–H and O–H groups in total. The Morgan fingerprint density at radius 1 is 1.20 bits per heavy atom. The van der Waals surface area contributed by atoms with Gasteiger partial charge in [0.25, 0.3) is 0 Å². The monoisotopic (exact) mass is 290 g/mol. The fourth-order valence-corrected chi connectivity index (χ4v) is 2.90. The molecule has 1 aliphatic rings. The van der Waals surface area contributed by atoms with Crippen LogP contribution in [-0.2, 0) is 4.79 Å². The van der Waals surface area contributed by atoms with E-state index < -0.39 is 0 Å². The SMILES string of the molecule is CSc1ccc(OC(=O)/C=C/C2CCC(C)CC2)cc1. The van der Waals surface area contributed by atoms with E-state index in [4.69, 9.17) is 4.74 Å². The summed E-state index contributed by atoms with van der Waals surface area (Å²) in [6, 6.07) is 7.58. The lowest BCUT2D eigenvalue weighted by atomic mass is 9.83. The number of rotatable bonds is 4. The van der Waals surface area contributed by atoms with Crippen molar-refractivity contribution in [1.29, 1.82) is 0 Å². The Bertz CT molecular complexity index is 456. The number of hydrogen-bond acceptors (Lipinski definition) is 3. The Balaban J connectivity index is 1.82. The zero-order valence-corrected chi connectivity index (χ0v) is 13.0. The molecule has 0 unspecified atom stereocenters. The normalized spacial score (nSPS) is 22.9. The van der Waals surface area contributed by atoms with Crippen molar-refractivity contribution in [3.8, 4) is 5.75 Å². The van der Waals surface area contributed by atoms with Crippen LogP contribution in [0.1, 0.15) is 32.6 Å². The zero-order chi connectivity index (χ0) is 14.4. The van der Waals surface area contributed by atoms with Gasteiger partial charge in [-0.25, -0.2) is 4.79 Å². The molecule has 0 bridgehead atoms. The molecule has 20 heavy (non-hydrogen) atoms. The highest BCUT2D eigenvalue weighted by atomic mass is 32.2. The first-order valence-corrected chi connectivity index (χ1v) is 8.44. The summed E-state index contributed by atoms with van der Waals surface area (Å²) in [6.07, 6.45) is 10.5. The maximum Gasteiger partial charge on any atom is 0.335 e. The van der Waals surface area contributed by atoms with Crippen molar-refractivity contribution >= 4 is 17.7 Å². The molecule has 0 atom stereocenters. The van der Waals surface area contributed by atoms with Crippen molar-refractivity contribution in [2.24, 2.45) is 11.8 Å². The van der Waals surface area contributed by atoms with Crippen molar-refractivity contribution in [2.75, 3.05) is 6.26 Å². The third kappa shape index (κ3) is 4.71. The number of carbonyl (C=O) groups excluding carboxylic acids is 1. The predicted octanol–water partition coefficient (Wildman–Crippen LogP) is 4.70. The highest BCUT2D eigenvalue weighted by molar-refractivity contribution is 7.98. The van der Waals surface area contributed by atoms with Gasteiger partial charge in [0.1, 0.15) is 5.75 Å². The lowest BCUT2D eigenvalue weighted by Crippen LogP contribution is -2.11. The predicted molar refractivity (Wildman–Crippen MR) is 84.1 cm³/mol. The maximum atomic E-state index is 11.8. The number of allylic oxidation sites excluding steroid dienone is 1. The van der Waals surface area contributed by atoms with Crippen LogP contribution in [0.5, 0.6) is 5.75 Å². The molecule has 1 fully saturated rings. The standard InChI is InChI=1S/C17H22O2S/c1-13-3-5-14(6-4-13)7-12-17(18)19-15-8-10-16(20-2)11-9-15/h7-14H,3-6H2,1-2H3/b12-7+. The number of benzene rings is 1. The Hall–Kier alpha value is -1.22. The van der Waals surface area contributed by atoms with E-state index in [1.807, 2.05) is 36.6 Å². The Morgan fingerprint density at radius 2 is 1.85 bits per heavy atom. The topological polar surface area (TPSA) is 26.3 Å². The molecule has 0 radical (unpaired) electrons. The highest BCUT2D eigenvalue weighted by Crippen LogP contribution is 2.29. The van der Waals surface area contributed by atoms with Crippen LogP contribution < -0.4 is 4.74 Å². The minimum atomic E-state index is -0.277. The number of hydrogen-bond donors (Lipinski definition) is 0. The summed E-state index contributed by atoms with van der Waals surface area (Å²) in [5.74, 6) is 1.70. The Kier molecular flexibility index (Phi) is 5.72. The molecule has 0 aromatic heterocycles. The van der Waals surface area contributed by atoms with E-state index in [-0.39, 0.29) is 5.97 Å².